The summed E-state index contributed by atoms with van der Waals surface area (Å²) in [5, 5.41) is 8.31. The van der Waals surface area contributed by atoms with Crippen LogP contribution in [0.25, 0.3) is 0 Å². The number of hydrogen-bond acceptors (Lipinski definition) is 4. The first-order valence-electron chi connectivity index (χ1n) is 7.59. The van der Waals surface area contributed by atoms with Crippen LogP contribution in [0.5, 0.6) is 0 Å². The fraction of sp³-hybridized carbons (Fsp3) is 0.176. The number of aromatic nitrogens is 3. The monoisotopic (exact) mass is 343 g/mol. The van der Waals surface area contributed by atoms with Gasteiger partial charge in [-0.3, -0.25) is 0 Å². The second kappa shape index (κ2) is 5.79. The first-order valence-corrected chi connectivity index (χ1v) is 7.97. The number of fused-ring (bicyclic) bond motifs is 1. The first kappa shape index (κ1) is 15.0. The van der Waals surface area contributed by atoms with Gasteiger partial charge in [-0.2, -0.15) is 4.98 Å². The average molecular weight is 344 g/mol. The molecule has 24 heavy (non-hydrogen) atoms. The molecular weight excluding hydrogens is 329 g/mol. The van der Waals surface area contributed by atoms with Crippen LogP contribution in [-0.2, 0) is 0 Å². The molecule has 0 aliphatic carbocycles. The molecule has 1 aromatic heterocycles. The van der Waals surface area contributed by atoms with Crippen LogP contribution in [-0.4, -0.2) is 14.8 Å². The van der Waals surface area contributed by atoms with Gasteiger partial charge in [-0.15, -0.1) is 5.10 Å². The van der Waals surface area contributed by atoms with Gasteiger partial charge in [0.15, 0.2) is 0 Å². The Morgan fingerprint density at radius 1 is 1.08 bits per heavy atom. The molecule has 1 aliphatic heterocycles. The molecule has 0 unspecified atom stereocenters. The zero-order valence-corrected chi connectivity index (χ0v) is 13.4. The van der Waals surface area contributed by atoms with Crippen molar-refractivity contribution in [3.8, 4) is 0 Å². The zero-order valence-electron chi connectivity index (χ0n) is 12.7. The molecule has 5 nitrogen and oxygen atoms in total. The van der Waals surface area contributed by atoms with Crippen molar-refractivity contribution in [3.63, 3.8) is 0 Å². The summed E-state index contributed by atoms with van der Waals surface area (Å²) in [6, 6.07) is 14.1. The number of nitrogen functional groups attached to an aromatic ring is 1. The highest BCUT2D eigenvalue weighted by atomic mass is 35.5. The Hall–Kier alpha value is -2.60. The molecule has 2 aromatic carbocycles. The maximum atomic E-state index is 13.2. The number of nitrogens with two attached hydrogens (primary N) is 1. The minimum absolute atomic E-state index is 0.0117. The Labute approximate surface area is 143 Å². The first-order chi connectivity index (χ1) is 11.6. The van der Waals surface area contributed by atoms with Gasteiger partial charge in [0.25, 0.3) is 0 Å². The van der Waals surface area contributed by atoms with E-state index in [1.807, 2.05) is 24.3 Å². The zero-order chi connectivity index (χ0) is 16.7. The summed E-state index contributed by atoms with van der Waals surface area (Å²) >= 11 is 5.99. The predicted octanol–water partition coefficient (Wildman–Crippen LogP) is 3.80. The molecule has 1 aliphatic rings. The lowest BCUT2D eigenvalue weighted by Gasteiger charge is -2.31. The van der Waals surface area contributed by atoms with Crippen molar-refractivity contribution in [2.45, 2.75) is 18.5 Å². The van der Waals surface area contributed by atoms with Gasteiger partial charge in [-0.1, -0.05) is 35.9 Å². The highest BCUT2D eigenvalue weighted by molar-refractivity contribution is 6.30. The number of nitrogens with one attached hydrogen (secondary N) is 1. The van der Waals surface area contributed by atoms with E-state index in [-0.39, 0.29) is 23.8 Å². The second-order valence-corrected chi connectivity index (χ2v) is 6.23. The highest BCUT2D eigenvalue weighted by Crippen LogP contribution is 2.38. The molecule has 2 atom stereocenters. The Kier molecular flexibility index (Phi) is 3.61. The van der Waals surface area contributed by atoms with E-state index in [0.717, 1.165) is 17.5 Å². The van der Waals surface area contributed by atoms with E-state index in [9.17, 15) is 4.39 Å². The summed E-state index contributed by atoms with van der Waals surface area (Å²) < 4.78 is 15.0. The van der Waals surface area contributed by atoms with Gasteiger partial charge in [0, 0.05) is 5.02 Å². The normalized spacial score (nSPS) is 19.6. The summed E-state index contributed by atoms with van der Waals surface area (Å²) in [7, 11) is 0. The van der Waals surface area contributed by atoms with Crippen LogP contribution in [0.3, 0.4) is 0 Å². The second-order valence-electron chi connectivity index (χ2n) is 5.79. The summed E-state index contributed by atoms with van der Waals surface area (Å²) in [5.74, 6) is 0.570. The van der Waals surface area contributed by atoms with Crippen LogP contribution in [0.15, 0.2) is 48.5 Å². The van der Waals surface area contributed by atoms with E-state index in [4.69, 9.17) is 17.3 Å². The van der Waals surface area contributed by atoms with Gasteiger partial charge in [0.2, 0.25) is 11.9 Å². The van der Waals surface area contributed by atoms with Crippen LogP contribution < -0.4 is 11.1 Å². The Bertz CT molecular complexity index is 860. The van der Waals surface area contributed by atoms with Crippen LogP contribution in [0.1, 0.15) is 29.6 Å². The van der Waals surface area contributed by atoms with E-state index in [1.54, 1.807) is 16.8 Å². The van der Waals surface area contributed by atoms with Crippen molar-refractivity contribution in [3.05, 3.63) is 70.5 Å². The standard InChI is InChI=1S/C17H15ClFN5/c18-12-5-1-11(2-6-12)15-9-14(10-3-7-13(19)8-4-10)21-17-22-16(20)23-24(15)17/h1-8,14-15H,9H2,(H3,20,21,22,23)/t14-,15+/m1/s1. The summed E-state index contributed by atoms with van der Waals surface area (Å²) in [4.78, 5) is 4.26. The largest absolute Gasteiger partial charge is 0.366 e. The molecule has 0 saturated carbocycles. The molecule has 0 bridgehead atoms. The minimum Gasteiger partial charge on any atom is -0.366 e. The quantitative estimate of drug-likeness (QED) is 0.742. The maximum Gasteiger partial charge on any atom is 0.241 e. The molecule has 0 saturated heterocycles. The molecule has 0 spiro atoms. The SMILES string of the molecule is Nc1nc2n(n1)[C@H](c1ccc(Cl)cc1)C[C@H](c1ccc(F)cc1)N2. The summed E-state index contributed by atoms with van der Waals surface area (Å²) in [6.07, 6.45) is 0.739. The van der Waals surface area contributed by atoms with Crippen molar-refractivity contribution in [1.29, 1.82) is 0 Å². The fourth-order valence-electron chi connectivity index (χ4n) is 3.07. The van der Waals surface area contributed by atoms with Crippen LogP contribution in [0.4, 0.5) is 16.3 Å². The molecule has 0 amide bonds. The number of benzene rings is 2. The number of rotatable bonds is 2. The Morgan fingerprint density at radius 2 is 1.75 bits per heavy atom. The molecule has 0 fully saturated rings. The van der Waals surface area contributed by atoms with Gasteiger partial charge >= 0.3 is 0 Å². The third-order valence-electron chi connectivity index (χ3n) is 4.23. The van der Waals surface area contributed by atoms with E-state index in [2.05, 4.69) is 15.4 Å². The third kappa shape index (κ3) is 2.69. The third-order valence-corrected chi connectivity index (χ3v) is 4.48. The summed E-state index contributed by atoms with van der Waals surface area (Å²) in [5.41, 5.74) is 7.83. The number of nitrogens with zero attached hydrogens (tertiary/aromatic N) is 3. The fourth-order valence-corrected chi connectivity index (χ4v) is 3.20. The van der Waals surface area contributed by atoms with Crippen molar-refractivity contribution in [2.24, 2.45) is 0 Å². The minimum atomic E-state index is -0.253. The van der Waals surface area contributed by atoms with Gasteiger partial charge < -0.3 is 11.1 Å². The lowest BCUT2D eigenvalue weighted by Crippen LogP contribution is -2.28. The molecule has 0 radical (unpaired) electrons. The van der Waals surface area contributed by atoms with Gasteiger partial charge in [0.05, 0.1) is 12.1 Å². The van der Waals surface area contributed by atoms with E-state index < -0.39 is 0 Å². The molecule has 4 rings (SSSR count). The van der Waals surface area contributed by atoms with Crippen LogP contribution in [0.2, 0.25) is 5.02 Å². The number of anilines is 2. The molecule has 7 heteroatoms. The Morgan fingerprint density at radius 3 is 2.46 bits per heavy atom. The molecular formula is C17H15ClFN5. The molecule has 3 N–H and O–H groups in total. The average Bonchev–Trinajstić information content (AvgIpc) is 2.95. The number of hydrogen-bond donors (Lipinski definition) is 2. The smallest absolute Gasteiger partial charge is 0.241 e. The van der Waals surface area contributed by atoms with Crippen molar-refractivity contribution >= 4 is 23.5 Å². The Balaban J connectivity index is 1.74. The van der Waals surface area contributed by atoms with E-state index in [1.165, 1.54) is 12.1 Å². The molecule has 2 heterocycles. The van der Waals surface area contributed by atoms with Crippen molar-refractivity contribution in [2.75, 3.05) is 11.1 Å². The van der Waals surface area contributed by atoms with Gasteiger partial charge in [-0.05, 0) is 41.8 Å². The van der Waals surface area contributed by atoms with Gasteiger partial charge in [0.1, 0.15) is 5.82 Å². The van der Waals surface area contributed by atoms with Crippen LogP contribution >= 0.6 is 11.6 Å². The number of halogens is 2. The molecule has 3 aromatic rings. The van der Waals surface area contributed by atoms with Gasteiger partial charge in [-0.25, -0.2) is 9.07 Å². The van der Waals surface area contributed by atoms with Crippen LogP contribution in [0, 0.1) is 5.82 Å². The summed E-state index contributed by atoms with van der Waals surface area (Å²) in [6.45, 7) is 0. The highest BCUT2D eigenvalue weighted by Gasteiger charge is 2.30. The van der Waals surface area contributed by atoms with Crippen molar-refractivity contribution < 1.29 is 4.39 Å². The van der Waals surface area contributed by atoms with E-state index >= 15 is 0 Å². The van der Waals surface area contributed by atoms with Crippen molar-refractivity contribution in [1.82, 2.24) is 14.8 Å². The predicted molar refractivity (Wildman–Crippen MR) is 91.4 cm³/mol. The maximum absolute atomic E-state index is 13.2. The topological polar surface area (TPSA) is 68.8 Å². The molecule has 122 valence electrons. The lowest BCUT2D eigenvalue weighted by molar-refractivity contribution is 0.431. The van der Waals surface area contributed by atoms with E-state index in [0.29, 0.717) is 11.0 Å². The lowest BCUT2D eigenvalue weighted by atomic mass is 9.93.